The van der Waals surface area contributed by atoms with Crippen LogP contribution >= 0.6 is 0 Å². The summed E-state index contributed by atoms with van der Waals surface area (Å²) in [5.41, 5.74) is 1.55. The second-order valence-corrected chi connectivity index (χ2v) is 6.27. The molecule has 0 aliphatic heterocycles. The standard InChI is InChI=1S/C22H21NO7/c1-26-19-11-5-14(4-8-17-13-18(23-30-17)22(25)28-3)12-20(19)29-16-9-6-15(7-10-16)21(24)27-2/h5-7,9-13H,4,8H2,1-3H3. The molecule has 0 atom stereocenters. The summed E-state index contributed by atoms with van der Waals surface area (Å²) >= 11 is 0. The Morgan fingerprint density at radius 1 is 0.867 bits per heavy atom. The Hall–Kier alpha value is -3.81. The van der Waals surface area contributed by atoms with Gasteiger partial charge in [0.25, 0.3) is 0 Å². The maximum Gasteiger partial charge on any atom is 0.360 e. The summed E-state index contributed by atoms with van der Waals surface area (Å²) in [6.07, 6.45) is 1.18. The first-order chi connectivity index (χ1) is 14.5. The molecule has 0 amide bonds. The van der Waals surface area contributed by atoms with E-state index >= 15 is 0 Å². The van der Waals surface area contributed by atoms with E-state index in [1.165, 1.54) is 14.2 Å². The van der Waals surface area contributed by atoms with E-state index in [9.17, 15) is 9.59 Å². The molecule has 156 valence electrons. The quantitative estimate of drug-likeness (QED) is 0.516. The molecule has 0 fully saturated rings. The normalized spacial score (nSPS) is 10.4. The van der Waals surface area contributed by atoms with Crippen molar-refractivity contribution in [3.8, 4) is 17.2 Å². The third-order valence-corrected chi connectivity index (χ3v) is 4.34. The first-order valence-corrected chi connectivity index (χ1v) is 9.11. The molecule has 0 unspecified atom stereocenters. The number of esters is 2. The van der Waals surface area contributed by atoms with Gasteiger partial charge in [-0.15, -0.1) is 0 Å². The smallest absolute Gasteiger partial charge is 0.360 e. The molecule has 2 aromatic carbocycles. The number of hydrogen-bond donors (Lipinski definition) is 0. The zero-order valence-corrected chi connectivity index (χ0v) is 16.8. The van der Waals surface area contributed by atoms with Crippen molar-refractivity contribution in [1.82, 2.24) is 5.16 Å². The molecule has 0 bridgehead atoms. The van der Waals surface area contributed by atoms with E-state index < -0.39 is 11.9 Å². The van der Waals surface area contributed by atoms with Gasteiger partial charge in [-0.25, -0.2) is 9.59 Å². The lowest BCUT2D eigenvalue weighted by Crippen LogP contribution is -2.00. The highest BCUT2D eigenvalue weighted by Crippen LogP contribution is 2.33. The molecule has 0 spiro atoms. The Morgan fingerprint density at radius 3 is 2.27 bits per heavy atom. The van der Waals surface area contributed by atoms with Gasteiger partial charge in [0.05, 0.1) is 26.9 Å². The van der Waals surface area contributed by atoms with E-state index in [0.717, 1.165) is 5.56 Å². The molecular weight excluding hydrogens is 390 g/mol. The maximum atomic E-state index is 11.6. The average molecular weight is 411 g/mol. The molecule has 3 rings (SSSR count). The molecule has 0 saturated heterocycles. The summed E-state index contributed by atoms with van der Waals surface area (Å²) in [6.45, 7) is 0. The minimum atomic E-state index is -0.539. The number of carbonyl (C=O) groups is 2. The Balaban J connectivity index is 1.71. The van der Waals surface area contributed by atoms with Crippen LogP contribution < -0.4 is 9.47 Å². The van der Waals surface area contributed by atoms with Gasteiger partial charge >= 0.3 is 11.9 Å². The average Bonchev–Trinajstić information content (AvgIpc) is 3.26. The zero-order chi connectivity index (χ0) is 21.5. The highest BCUT2D eigenvalue weighted by atomic mass is 16.5. The predicted octanol–water partition coefficient (Wildman–Crippen LogP) is 3.83. The van der Waals surface area contributed by atoms with E-state index in [0.29, 0.717) is 41.4 Å². The molecule has 3 aromatic rings. The number of aryl methyl sites for hydroxylation is 2. The first-order valence-electron chi connectivity index (χ1n) is 9.11. The molecule has 8 heteroatoms. The lowest BCUT2D eigenvalue weighted by Gasteiger charge is -2.12. The van der Waals surface area contributed by atoms with Crippen molar-refractivity contribution in [2.75, 3.05) is 21.3 Å². The SMILES string of the molecule is COC(=O)c1ccc(Oc2cc(CCc3cc(C(=O)OC)no3)ccc2OC)cc1. The molecule has 1 heterocycles. The van der Waals surface area contributed by atoms with E-state index in [1.54, 1.807) is 37.4 Å². The Labute approximate surface area is 173 Å². The summed E-state index contributed by atoms with van der Waals surface area (Å²) in [6, 6.07) is 13.8. The van der Waals surface area contributed by atoms with Crippen LogP contribution in [0.4, 0.5) is 0 Å². The molecule has 0 N–H and O–H groups in total. The van der Waals surface area contributed by atoms with Crippen LogP contribution in [0.25, 0.3) is 0 Å². The fraction of sp³-hybridized carbons (Fsp3) is 0.227. The van der Waals surface area contributed by atoms with Gasteiger partial charge in [-0.05, 0) is 48.4 Å². The summed E-state index contributed by atoms with van der Waals surface area (Å²) in [7, 11) is 4.18. The highest BCUT2D eigenvalue weighted by molar-refractivity contribution is 5.89. The summed E-state index contributed by atoms with van der Waals surface area (Å²) < 4.78 is 25.8. The molecule has 0 saturated carbocycles. The van der Waals surface area contributed by atoms with E-state index in [-0.39, 0.29) is 5.69 Å². The van der Waals surface area contributed by atoms with Crippen LogP contribution in [-0.2, 0) is 22.3 Å². The fourth-order valence-electron chi connectivity index (χ4n) is 2.76. The van der Waals surface area contributed by atoms with Crippen LogP contribution in [0.3, 0.4) is 0 Å². The highest BCUT2D eigenvalue weighted by Gasteiger charge is 2.14. The molecule has 8 nitrogen and oxygen atoms in total. The number of nitrogens with zero attached hydrogens (tertiary/aromatic N) is 1. The summed E-state index contributed by atoms with van der Waals surface area (Å²) in [5, 5.41) is 3.70. The summed E-state index contributed by atoms with van der Waals surface area (Å²) in [5.74, 6) is 1.28. The van der Waals surface area contributed by atoms with Gasteiger partial charge < -0.3 is 23.5 Å². The summed E-state index contributed by atoms with van der Waals surface area (Å²) in [4.78, 5) is 23.0. The number of rotatable bonds is 8. The van der Waals surface area contributed by atoms with Crippen LogP contribution in [0.2, 0.25) is 0 Å². The molecular formula is C22H21NO7. The molecule has 0 radical (unpaired) electrons. The van der Waals surface area contributed by atoms with Crippen molar-refractivity contribution < 1.29 is 33.1 Å². The Kier molecular flexibility index (Phi) is 6.69. The number of ether oxygens (including phenoxy) is 4. The van der Waals surface area contributed by atoms with Gasteiger partial charge in [-0.2, -0.15) is 0 Å². The number of methoxy groups -OCH3 is 3. The minimum Gasteiger partial charge on any atom is -0.493 e. The van der Waals surface area contributed by atoms with Crippen LogP contribution in [0.1, 0.15) is 32.2 Å². The predicted molar refractivity (Wildman–Crippen MR) is 106 cm³/mol. The van der Waals surface area contributed by atoms with Gasteiger partial charge in [0.15, 0.2) is 17.2 Å². The number of aromatic nitrogens is 1. The molecule has 0 aliphatic carbocycles. The Morgan fingerprint density at radius 2 is 1.60 bits per heavy atom. The molecule has 1 aromatic heterocycles. The second kappa shape index (κ2) is 9.60. The van der Waals surface area contributed by atoms with Crippen molar-refractivity contribution in [2.45, 2.75) is 12.8 Å². The third kappa shape index (κ3) is 4.96. The fourth-order valence-corrected chi connectivity index (χ4v) is 2.76. The van der Waals surface area contributed by atoms with Crippen LogP contribution in [0.15, 0.2) is 53.1 Å². The van der Waals surface area contributed by atoms with Crippen LogP contribution in [0.5, 0.6) is 17.2 Å². The molecule has 0 aliphatic rings. The third-order valence-electron chi connectivity index (χ3n) is 4.34. The van der Waals surface area contributed by atoms with Gasteiger partial charge in [0, 0.05) is 12.5 Å². The van der Waals surface area contributed by atoms with Crippen molar-refractivity contribution in [3.05, 3.63) is 71.1 Å². The number of benzene rings is 2. The van der Waals surface area contributed by atoms with Gasteiger partial charge in [-0.1, -0.05) is 11.2 Å². The molecule has 30 heavy (non-hydrogen) atoms. The first kappa shape index (κ1) is 20.9. The number of hydrogen-bond acceptors (Lipinski definition) is 8. The van der Waals surface area contributed by atoms with Crippen molar-refractivity contribution >= 4 is 11.9 Å². The van der Waals surface area contributed by atoms with Crippen molar-refractivity contribution in [3.63, 3.8) is 0 Å². The van der Waals surface area contributed by atoms with E-state index in [2.05, 4.69) is 9.89 Å². The topological polar surface area (TPSA) is 97.1 Å². The van der Waals surface area contributed by atoms with Gasteiger partial charge in [0.2, 0.25) is 0 Å². The van der Waals surface area contributed by atoms with Crippen molar-refractivity contribution in [1.29, 1.82) is 0 Å². The van der Waals surface area contributed by atoms with Gasteiger partial charge in [0.1, 0.15) is 11.5 Å². The zero-order valence-electron chi connectivity index (χ0n) is 16.8. The number of carbonyl (C=O) groups excluding carboxylic acids is 2. The van der Waals surface area contributed by atoms with Crippen LogP contribution in [-0.4, -0.2) is 38.4 Å². The second-order valence-electron chi connectivity index (χ2n) is 6.27. The van der Waals surface area contributed by atoms with Gasteiger partial charge in [-0.3, -0.25) is 0 Å². The Bertz CT molecular complexity index is 1020. The van der Waals surface area contributed by atoms with E-state index in [1.807, 2.05) is 18.2 Å². The van der Waals surface area contributed by atoms with E-state index in [4.69, 9.17) is 18.7 Å². The van der Waals surface area contributed by atoms with Crippen LogP contribution in [0, 0.1) is 0 Å². The largest absolute Gasteiger partial charge is 0.493 e. The lowest BCUT2D eigenvalue weighted by atomic mass is 10.1. The maximum absolute atomic E-state index is 11.6. The minimum absolute atomic E-state index is 0.140. The van der Waals surface area contributed by atoms with Crippen molar-refractivity contribution in [2.24, 2.45) is 0 Å². The monoisotopic (exact) mass is 411 g/mol. The lowest BCUT2D eigenvalue weighted by molar-refractivity contribution is 0.0584.